The number of quaternary nitrogens is 1. The van der Waals surface area contributed by atoms with Gasteiger partial charge in [-0.1, -0.05) is 24.3 Å². The number of carbonyl (C=O) groups is 1. The smallest absolute Gasteiger partial charge is 0.378 e. The molecule has 8 heteroatoms. The molecule has 0 unspecified atom stereocenters. The number of ether oxygens (including phenoxy) is 1. The van der Waals surface area contributed by atoms with E-state index in [2.05, 4.69) is 5.32 Å². The van der Waals surface area contributed by atoms with Gasteiger partial charge in [-0.2, -0.15) is 13.2 Å². The minimum Gasteiger partial charge on any atom is -0.378 e. The van der Waals surface area contributed by atoms with Gasteiger partial charge >= 0.3 is 6.18 Å². The number of carbonyl (C=O) groups excluding carboxylic acids is 1. The number of amides is 1. The first-order chi connectivity index (χ1) is 14.3. The highest BCUT2D eigenvalue weighted by Crippen LogP contribution is 2.31. The summed E-state index contributed by atoms with van der Waals surface area (Å²) in [7, 11) is 3.91. The Morgan fingerprint density at radius 1 is 1.10 bits per heavy atom. The molecule has 1 heterocycles. The highest BCUT2D eigenvalue weighted by atomic mass is 19.4. The summed E-state index contributed by atoms with van der Waals surface area (Å²) < 4.78 is 45.2. The maximum atomic E-state index is 13.3. The Morgan fingerprint density at radius 2 is 1.73 bits per heavy atom. The molecule has 3 rings (SSSR count). The first-order valence-electron chi connectivity index (χ1n) is 9.91. The highest BCUT2D eigenvalue weighted by molar-refractivity contribution is 5.95. The van der Waals surface area contributed by atoms with Crippen LogP contribution in [0.5, 0.6) is 0 Å². The molecule has 5 nitrogen and oxygen atoms in total. The van der Waals surface area contributed by atoms with Gasteiger partial charge in [0.15, 0.2) is 0 Å². The second-order valence-electron chi connectivity index (χ2n) is 7.56. The second-order valence-corrected chi connectivity index (χ2v) is 7.56. The lowest BCUT2D eigenvalue weighted by atomic mass is 10.0. The largest absolute Gasteiger partial charge is 0.417 e. The SMILES string of the molecule is CN(C)c1ccc([C@@H](CNC(=O)c2ccccc2C(F)(F)F)[NH+]2CCOCC2)cc1. The number of rotatable bonds is 6. The van der Waals surface area contributed by atoms with Crippen LogP contribution in [-0.2, 0) is 10.9 Å². The summed E-state index contributed by atoms with van der Waals surface area (Å²) in [4.78, 5) is 15.9. The minimum absolute atomic E-state index is 0.0767. The highest BCUT2D eigenvalue weighted by Gasteiger charge is 2.35. The van der Waals surface area contributed by atoms with E-state index in [0.717, 1.165) is 30.4 Å². The summed E-state index contributed by atoms with van der Waals surface area (Å²) in [6, 6.07) is 12.8. The van der Waals surface area contributed by atoms with Crippen LogP contribution in [0.25, 0.3) is 0 Å². The van der Waals surface area contributed by atoms with E-state index < -0.39 is 17.6 Å². The zero-order chi connectivity index (χ0) is 21.7. The van der Waals surface area contributed by atoms with Crippen molar-refractivity contribution in [2.45, 2.75) is 12.2 Å². The van der Waals surface area contributed by atoms with Crippen molar-refractivity contribution in [2.24, 2.45) is 0 Å². The summed E-state index contributed by atoms with van der Waals surface area (Å²) >= 11 is 0. The monoisotopic (exact) mass is 422 g/mol. The maximum absolute atomic E-state index is 13.3. The molecule has 2 aromatic carbocycles. The van der Waals surface area contributed by atoms with Gasteiger partial charge in [-0.25, -0.2) is 0 Å². The van der Waals surface area contributed by atoms with Crippen molar-refractivity contribution < 1.29 is 27.6 Å². The van der Waals surface area contributed by atoms with Gasteiger partial charge in [0.1, 0.15) is 19.1 Å². The fourth-order valence-corrected chi connectivity index (χ4v) is 3.70. The van der Waals surface area contributed by atoms with Crippen molar-refractivity contribution in [2.75, 3.05) is 51.8 Å². The van der Waals surface area contributed by atoms with Gasteiger partial charge in [0, 0.05) is 25.3 Å². The molecule has 1 aliphatic heterocycles. The van der Waals surface area contributed by atoms with Crippen molar-refractivity contribution in [1.29, 1.82) is 0 Å². The predicted molar refractivity (Wildman–Crippen MR) is 109 cm³/mol. The second kappa shape index (κ2) is 9.49. The van der Waals surface area contributed by atoms with Gasteiger partial charge < -0.3 is 19.9 Å². The zero-order valence-corrected chi connectivity index (χ0v) is 17.1. The zero-order valence-electron chi connectivity index (χ0n) is 17.1. The van der Waals surface area contributed by atoms with Crippen LogP contribution in [0.15, 0.2) is 48.5 Å². The molecule has 162 valence electrons. The lowest BCUT2D eigenvalue weighted by Crippen LogP contribution is -3.15. The van der Waals surface area contributed by atoms with Crippen molar-refractivity contribution in [3.8, 4) is 0 Å². The molecule has 0 bridgehead atoms. The van der Waals surface area contributed by atoms with Gasteiger partial charge in [-0.3, -0.25) is 4.79 Å². The normalized spacial score (nSPS) is 16.2. The fraction of sp³-hybridized carbons (Fsp3) is 0.409. The standard InChI is InChI=1S/C22H26F3N3O2/c1-27(2)17-9-7-16(8-10-17)20(28-11-13-30-14-12-28)15-26-21(29)18-5-3-4-6-19(18)22(23,24)25/h3-10,20H,11-15H2,1-2H3,(H,26,29)/p+1/t20-/m1/s1. The number of hydrogen-bond acceptors (Lipinski definition) is 3. The number of halogens is 3. The topological polar surface area (TPSA) is 46.0 Å². The number of hydrogen-bond donors (Lipinski definition) is 2. The van der Waals surface area contributed by atoms with Gasteiger partial charge in [-0.15, -0.1) is 0 Å². The maximum Gasteiger partial charge on any atom is 0.417 e. The van der Waals surface area contributed by atoms with Crippen molar-refractivity contribution in [3.05, 3.63) is 65.2 Å². The molecular formula is C22H27F3N3O2+. The van der Waals surface area contributed by atoms with Crippen molar-refractivity contribution in [1.82, 2.24) is 5.32 Å². The Kier molecular flexibility index (Phi) is 6.99. The van der Waals surface area contributed by atoms with Crippen LogP contribution in [-0.4, -0.2) is 52.9 Å². The predicted octanol–water partition coefficient (Wildman–Crippen LogP) is 2.16. The lowest BCUT2D eigenvalue weighted by molar-refractivity contribution is -0.937. The molecule has 1 saturated heterocycles. The van der Waals surface area contributed by atoms with E-state index in [1.807, 2.05) is 43.3 Å². The van der Waals surface area contributed by atoms with Crippen molar-refractivity contribution in [3.63, 3.8) is 0 Å². The van der Waals surface area contributed by atoms with Crippen LogP contribution in [0.1, 0.15) is 27.5 Å². The third kappa shape index (κ3) is 5.31. The number of nitrogens with one attached hydrogen (secondary N) is 2. The van der Waals surface area contributed by atoms with E-state index in [1.54, 1.807) is 0 Å². The molecule has 0 saturated carbocycles. The first-order valence-corrected chi connectivity index (χ1v) is 9.91. The van der Waals surface area contributed by atoms with Crippen LogP contribution in [0.3, 0.4) is 0 Å². The lowest BCUT2D eigenvalue weighted by Gasteiger charge is -2.32. The van der Waals surface area contributed by atoms with Gasteiger partial charge in [0.2, 0.25) is 0 Å². The molecule has 1 fully saturated rings. The van der Waals surface area contributed by atoms with Crippen LogP contribution in [0.2, 0.25) is 0 Å². The summed E-state index contributed by atoms with van der Waals surface area (Å²) in [6.07, 6.45) is -4.58. The molecular weight excluding hydrogens is 395 g/mol. The molecule has 1 aliphatic rings. The summed E-state index contributed by atoms with van der Waals surface area (Å²) in [6.45, 7) is 3.02. The fourth-order valence-electron chi connectivity index (χ4n) is 3.70. The van der Waals surface area contributed by atoms with E-state index in [4.69, 9.17) is 4.74 Å². The van der Waals surface area contributed by atoms with E-state index in [1.165, 1.54) is 23.1 Å². The van der Waals surface area contributed by atoms with Gasteiger partial charge in [0.05, 0.1) is 30.9 Å². The summed E-state index contributed by atoms with van der Waals surface area (Å²) in [5.74, 6) is -0.717. The molecule has 0 radical (unpaired) electrons. The number of nitrogens with zero attached hydrogens (tertiary/aromatic N) is 1. The average molecular weight is 422 g/mol. The Morgan fingerprint density at radius 3 is 2.33 bits per heavy atom. The number of morpholine rings is 1. The molecule has 0 aromatic heterocycles. The van der Waals surface area contributed by atoms with Gasteiger partial charge in [-0.05, 0) is 24.3 Å². The molecule has 2 N–H and O–H groups in total. The summed E-state index contributed by atoms with van der Waals surface area (Å²) in [5, 5.41) is 2.73. The Balaban J connectivity index is 1.79. The van der Waals surface area contributed by atoms with Crippen LogP contribution in [0.4, 0.5) is 18.9 Å². The van der Waals surface area contributed by atoms with Crippen LogP contribution >= 0.6 is 0 Å². The van der Waals surface area contributed by atoms with E-state index >= 15 is 0 Å². The van der Waals surface area contributed by atoms with E-state index in [0.29, 0.717) is 13.2 Å². The van der Waals surface area contributed by atoms with E-state index in [-0.39, 0.29) is 18.2 Å². The Bertz CT molecular complexity index is 847. The summed E-state index contributed by atoms with van der Waals surface area (Å²) in [5.41, 5.74) is 0.802. The van der Waals surface area contributed by atoms with Crippen LogP contribution < -0.4 is 15.1 Å². The number of anilines is 1. The van der Waals surface area contributed by atoms with Crippen molar-refractivity contribution >= 4 is 11.6 Å². The molecule has 0 aliphatic carbocycles. The Labute approximate surface area is 174 Å². The molecule has 2 aromatic rings. The third-order valence-electron chi connectivity index (χ3n) is 5.38. The first kappa shape index (κ1) is 22.1. The third-order valence-corrected chi connectivity index (χ3v) is 5.38. The number of alkyl halides is 3. The Hall–Kier alpha value is -2.58. The van der Waals surface area contributed by atoms with Gasteiger partial charge in [0.25, 0.3) is 5.91 Å². The van der Waals surface area contributed by atoms with Crippen LogP contribution in [0, 0.1) is 0 Å². The molecule has 1 amide bonds. The minimum atomic E-state index is -4.58. The molecule has 1 atom stereocenters. The quantitative estimate of drug-likeness (QED) is 0.750. The van der Waals surface area contributed by atoms with E-state index in [9.17, 15) is 18.0 Å². The molecule has 0 spiro atoms. The average Bonchev–Trinajstić information content (AvgIpc) is 2.74. The number of benzene rings is 2. The molecule has 30 heavy (non-hydrogen) atoms.